The fourth-order valence-corrected chi connectivity index (χ4v) is 2.14. The first-order chi connectivity index (χ1) is 10.9. The lowest BCUT2D eigenvalue weighted by Gasteiger charge is -2.15. The fourth-order valence-electron chi connectivity index (χ4n) is 2.14. The van der Waals surface area contributed by atoms with E-state index < -0.39 is 12.1 Å². The largest absolute Gasteiger partial charge is 0.452 e. The van der Waals surface area contributed by atoms with Crippen molar-refractivity contribution in [2.75, 3.05) is 0 Å². The van der Waals surface area contributed by atoms with Crippen LogP contribution in [0.4, 0.5) is 0 Å². The van der Waals surface area contributed by atoms with Gasteiger partial charge >= 0.3 is 5.97 Å². The number of hydrogen-bond donors (Lipinski definition) is 2. The SMILES string of the molecule is CC(C)NC(=O)[C@@H](C)OC(=O)Cc1n[nH]c(=O)c2ccccc12. The first kappa shape index (κ1) is 16.7. The molecule has 2 aromatic rings. The van der Waals surface area contributed by atoms with E-state index >= 15 is 0 Å². The number of rotatable bonds is 5. The third-order valence-corrected chi connectivity index (χ3v) is 3.20. The average Bonchev–Trinajstić information content (AvgIpc) is 2.49. The first-order valence-electron chi connectivity index (χ1n) is 7.34. The van der Waals surface area contributed by atoms with E-state index in [1.54, 1.807) is 24.3 Å². The van der Waals surface area contributed by atoms with Crippen LogP contribution in [-0.2, 0) is 20.7 Å². The maximum Gasteiger partial charge on any atom is 0.312 e. The number of esters is 1. The molecule has 0 aliphatic heterocycles. The molecule has 1 atom stereocenters. The second kappa shape index (κ2) is 7.04. The maximum absolute atomic E-state index is 12.0. The standard InChI is InChI=1S/C16H19N3O4/c1-9(2)17-15(21)10(3)23-14(20)8-13-11-6-4-5-7-12(11)16(22)19-18-13/h4-7,9-10H,8H2,1-3H3,(H,17,21)(H,19,22)/t10-/m1/s1. The number of ether oxygens (including phenoxy) is 1. The van der Waals surface area contributed by atoms with Crippen LogP contribution in [-0.4, -0.2) is 34.2 Å². The number of amides is 1. The molecule has 2 N–H and O–H groups in total. The third-order valence-electron chi connectivity index (χ3n) is 3.20. The number of carbonyl (C=O) groups is 2. The number of carbonyl (C=O) groups excluding carboxylic acids is 2. The molecule has 0 fully saturated rings. The summed E-state index contributed by atoms with van der Waals surface area (Å²) in [7, 11) is 0. The summed E-state index contributed by atoms with van der Waals surface area (Å²) in [5.41, 5.74) is 0.0871. The van der Waals surface area contributed by atoms with Crippen molar-refractivity contribution in [3.8, 4) is 0 Å². The molecule has 1 amide bonds. The Labute approximate surface area is 133 Å². The summed E-state index contributed by atoms with van der Waals surface area (Å²) in [4.78, 5) is 35.5. The molecule has 1 aromatic carbocycles. The van der Waals surface area contributed by atoms with Crippen LogP contribution in [0.25, 0.3) is 10.8 Å². The van der Waals surface area contributed by atoms with Crippen LogP contribution in [0.3, 0.4) is 0 Å². The van der Waals surface area contributed by atoms with Gasteiger partial charge in [0.2, 0.25) is 0 Å². The predicted molar refractivity (Wildman–Crippen MR) is 84.9 cm³/mol. The highest BCUT2D eigenvalue weighted by molar-refractivity contribution is 5.88. The summed E-state index contributed by atoms with van der Waals surface area (Å²) in [6.07, 6.45) is -1.02. The Balaban J connectivity index is 2.11. The second-order valence-electron chi connectivity index (χ2n) is 5.52. The number of nitrogens with zero attached hydrogens (tertiary/aromatic N) is 1. The van der Waals surface area contributed by atoms with Crippen LogP contribution in [0.2, 0.25) is 0 Å². The topological polar surface area (TPSA) is 101 Å². The Morgan fingerprint density at radius 3 is 2.52 bits per heavy atom. The fraction of sp³-hybridized carbons (Fsp3) is 0.375. The first-order valence-corrected chi connectivity index (χ1v) is 7.34. The molecule has 7 nitrogen and oxygen atoms in total. The Bertz CT molecular complexity index is 782. The van der Waals surface area contributed by atoms with Crippen molar-refractivity contribution in [2.45, 2.75) is 39.3 Å². The van der Waals surface area contributed by atoms with E-state index in [4.69, 9.17) is 4.74 Å². The van der Waals surface area contributed by atoms with E-state index in [1.807, 2.05) is 13.8 Å². The van der Waals surface area contributed by atoms with E-state index in [1.165, 1.54) is 6.92 Å². The monoisotopic (exact) mass is 317 g/mol. The maximum atomic E-state index is 12.0. The summed E-state index contributed by atoms with van der Waals surface area (Å²) in [6, 6.07) is 6.83. The van der Waals surface area contributed by atoms with Gasteiger partial charge in [0.15, 0.2) is 6.10 Å². The zero-order valence-corrected chi connectivity index (χ0v) is 13.3. The van der Waals surface area contributed by atoms with E-state index in [0.717, 1.165) is 0 Å². The number of aromatic amines is 1. The molecule has 23 heavy (non-hydrogen) atoms. The zero-order valence-electron chi connectivity index (χ0n) is 13.3. The van der Waals surface area contributed by atoms with Gasteiger partial charge in [0.25, 0.3) is 11.5 Å². The molecule has 2 rings (SSSR count). The summed E-state index contributed by atoms with van der Waals surface area (Å²) in [5.74, 6) is -0.936. The third kappa shape index (κ3) is 4.15. The molecule has 1 heterocycles. The molecule has 0 bridgehead atoms. The molecule has 7 heteroatoms. The number of fused-ring (bicyclic) bond motifs is 1. The molecule has 0 saturated carbocycles. The number of H-pyrrole nitrogens is 1. The van der Waals surface area contributed by atoms with E-state index in [-0.39, 0.29) is 23.9 Å². The van der Waals surface area contributed by atoms with Crippen molar-refractivity contribution < 1.29 is 14.3 Å². The van der Waals surface area contributed by atoms with Crippen molar-refractivity contribution in [3.63, 3.8) is 0 Å². The number of nitrogens with one attached hydrogen (secondary N) is 2. The van der Waals surface area contributed by atoms with Crippen LogP contribution in [0.5, 0.6) is 0 Å². The minimum absolute atomic E-state index is 0.0338. The van der Waals surface area contributed by atoms with Gasteiger partial charge in [-0.05, 0) is 26.8 Å². The molecule has 0 radical (unpaired) electrons. The van der Waals surface area contributed by atoms with Crippen molar-refractivity contribution >= 4 is 22.6 Å². The lowest BCUT2D eigenvalue weighted by Crippen LogP contribution is -2.39. The van der Waals surface area contributed by atoms with Gasteiger partial charge in [-0.15, -0.1) is 0 Å². The molecule has 1 aromatic heterocycles. The summed E-state index contributed by atoms with van der Waals surface area (Å²) < 4.78 is 5.11. The van der Waals surface area contributed by atoms with Crippen LogP contribution < -0.4 is 10.9 Å². The Morgan fingerprint density at radius 2 is 1.87 bits per heavy atom. The van der Waals surface area contributed by atoms with E-state index in [2.05, 4.69) is 15.5 Å². The van der Waals surface area contributed by atoms with Gasteiger partial charge in [-0.2, -0.15) is 5.10 Å². The van der Waals surface area contributed by atoms with Crippen LogP contribution >= 0.6 is 0 Å². The molecule has 0 saturated heterocycles. The Kier molecular flexibility index (Phi) is 5.10. The molecule has 0 aliphatic carbocycles. The number of aromatic nitrogens is 2. The van der Waals surface area contributed by atoms with Crippen molar-refractivity contribution in [2.24, 2.45) is 0 Å². The summed E-state index contributed by atoms with van der Waals surface area (Å²) >= 11 is 0. The quantitative estimate of drug-likeness (QED) is 0.799. The van der Waals surface area contributed by atoms with Crippen molar-refractivity contribution in [1.29, 1.82) is 0 Å². The average molecular weight is 317 g/mol. The lowest BCUT2D eigenvalue weighted by molar-refractivity contribution is -0.154. The summed E-state index contributed by atoms with van der Waals surface area (Å²) in [5, 5.41) is 9.98. The molecule has 0 spiro atoms. The molecular weight excluding hydrogens is 298 g/mol. The van der Waals surface area contributed by atoms with Gasteiger partial charge in [-0.25, -0.2) is 5.10 Å². The lowest BCUT2D eigenvalue weighted by atomic mass is 10.1. The van der Waals surface area contributed by atoms with E-state index in [9.17, 15) is 14.4 Å². The van der Waals surface area contributed by atoms with Gasteiger partial charge < -0.3 is 10.1 Å². The predicted octanol–water partition coefficient (Wildman–Crippen LogP) is 0.922. The highest BCUT2D eigenvalue weighted by Gasteiger charge is 2.19. The van der Waals surface area contributed by atoms with Gasteiger partial charge in [0, 0.05) is 11.4 Å². The van der Waals surface area contributed by atoms with Crippen molar-refractivity contribution in [1.82, 2.24) is 15.5 Å². The molecule has 122 valence electrons. The van der Waals surface area contributed by atoms with Crippen LogP contribution in [0.1, 0.15) is 26.5 Å². The van der Waals surface area contributed by atoms with Gasteiger partial charge in [-0.3, -0.25) is 14.4 Å². The zero-order chi connectivity index (χ0) is 17.0. The Morgan fingerprint density at radius 1 is 1.22 bits per heavy atom. The smallest absolute Gasteiger partial charge is 0.312 e. The Hall–Kier alpha value is -2.70. The highest BCUT2D eigenvalue weighted by atomic mass is 16.5. The normalized spacial score (nSPS) is 12.2. The molecular formula is C16H19N3O4. The van der Waals surface area contributed by atoms with Crippen molar-refractivity contribution in [3.05, 3.63) is 40.3 Å². The minimum atomic E-state index is -0.890. The second-order valence-corrected chi connectivity index (χ2v) is 5.52. The number of benzene rings is 1. The highest BCUT2D eigenvalue weighted by Crippen LogP contribution is 2.13. The van der Waals surface area contributed by atoms with Crippen LogP contribution in [0, 0.1) is 0 Å². The van der Waals surface area contributed by atoms with Gasteiger partial charge in [0.05, 0.1) is 17.5 Å². The minimum Gasteiger partial charge on any atom is -0.452 e. The summed E-state index contributed by atoms with van der Waals surface area (Å²) in [6.45, 7) is 5.15. The van der Waals surface area contributed by atoms with Crippen LogP contribution in [0.15, 0.2) is 29.1 Å². The number of hydrogen-bond acceptors (Lipinski definition) is 5. The molecule has 0 unspecified atom stereocenters. The van der Waals surface area contributed by atoms with Gasteiger partial charge in [-0.1, -0.05) is 18.2 Å². The van der Waals surface area contributed by atoms with Gasteiger partial charge in [0.1, 0.15) is 0 Å². The molecule has 0 aliphatic rings. The van der Waals surface area contributed by atoms with E-state index in [0.29, 0.717) is 16.5 Å².